The van der Waals surface area contributed by atoms with Gasteiger partial charge in [0, 0.05) is 11.3 Å². The van der Waals surface area contributed by atoms with Crippen molar-refractivity contribution in [1.82, 2.24) is 10.2 Å². The van der Waals surface area contributed by atoms with E-state index in [0.717, 1.165) is 17.0 Å². The quantitative estimate of drug-likeness (QED) is 0.777. The van der Waals surface area contributed by atoms with Crippen LogP contribution in [0.5, 0.6) is 5.75 Å². The molecule has 5 nitrogen and oxygen atoms in total. The zero-order valence-corrected chi connectivity index (χ0v) is 13.3. The predicted octanol–water partition coefficient (Wildman–Crippen LogP) is 3.79. The monoisotopic (exact) mass is 319 g/mol. The summed E-state index contributed by atoms with van der Waals surface area (Å²) in [6.45, 7) is 2.53. The van der Waals surface area contributed by atoms with Crippen LogP contribution in [0.15, 0.2) is 66.7 Å². The summed E-state index contributed by atoms with van der Waals surface area (Å²) in [6, 6.07) is 20.3. The lowest BCUT2D eigenvalue weighted by Crippen LogP contribution is -2.14. The van der Waals surface area contributed by atoms with Crippen LogP contribution in [0, 0.1) is 0 Å². The number of ether oxygens (including phenoxy) is 1. The maximum Gasteiger partial charge on any atom is 0.276 e. The number of nitrogens with zero attached hydrogens (tertiary/aromatic N) is 2. The van der Waals surface area contributed by atoms with Crippen molar-refractivity contribution in [3.05, 3.63) is 72.4 Å². The largest absolute Gasteiger partial charge is 0.494 e. The number of carbonyl (C=O) groups is 1. The molecule has 120 valence electrons. The first-order chi connectivity index (χ1) is 11.8. The Labute approximate surface area is 140 Å². The van der Waals surface area contributed by atoms with Crippen LogP contribution in [0.25, 0.3) is 11.3 Å². The minimum absolute atomic E-state index is 0.267. The van der Waals surface area contributed by atoms with Crippen LogP contribution in [0.3, 0.4) is 0 Å². The SMILES string of the molecule is CCOc1ccc(NC(=O)c2ccc(-c3ccccc3)nn2)cc1. The number of amides is 1. The maximum absolute atomic E-state index is 12.2. The van der Waals surface area contributed by atoms with E-state index in [1.54, 1.807) is 24.3 Å². The smallest absolute Gasteiger partial charge is 0.276 e. The number of nitrogens with one attached hydrogen (secondary N) is 1. The molecule has 24 heavy (non-hydrogen) atoms. The fourth-order valence-corrected chi connectivity index (χ4v) is 2.21. The highest BCUT2D eigenvalue weighted by molar-refractivity contribution is 6.02. The van der Waals surface area contributed by atoms with Gasteiger partial charge in [-0.1, -0.05) is 30.3 Å². The van der Waals surface area contributed by atoms with E-state index in [2.05, 4.69) is 15.5 Å². The minimum Gasteiger partial charge on any atom is -0.494 e. The van der Waals surface area contributed by atoms with Gasteiger partial charge in [0.2, 0.25) is 0 Å². The second kappa shape index (κ2) is 7.37. The van der Waals surface area contributed by atoms with Gasteiger partial charge in [-0.05, 0) is 43.3 Å². The molecule has 3 aromatic rings. The van der Waals surface area contributed by atoms with Crippen molar-refractivity contribution in [3.8, 4) is 17.0 Å². The van der Waals surface area contributed by atoms with Crippen LogP contribution in [-0.2, 0) is 0 Å². The Bertz CT molecular complexity index is 800. The Hall–Kier alpha value is -3.21. The molecule has 1 aromatic heterocycles. The molecule has 0 fully saturated rings. The number of aromatic nitrogens is 2. The van der Waals surface area contributed by atoms with Crippen molar-refractivity contribution < 1.29 is 9.53 Å². The van der Waals surface area contributed by atoms with Crippen molar-refractivity contribution in [2.75, 3.05) is 11.9 Å². The summed E-state index contributed by atoms with van der Waals surface area (Å²) in [6.07, 6.45) is 0. The summed E-state index contributed by atoms with van der Waals surface area (Å²) in [5, 5.41) is 10.9. The zero-order chi connectivity index (χ0) is 16.8. The van der Waals surface area contributed by atoms with Crippen molar-refractivity contribution in [3.63, 3.8) is 0 Å². The Balaban J connectivity index is 1.69. The number of anilines is 1. The highest BCUT2D eigenvalue weighted by Crippen LogP contribution is 2.17. The highest BCUT2D eigenvalue weighted by atomic mass is 16.5. The number of hydrogen-bond acceptors (Lipinski definition) is 4. The molecular formula is C19H17N3O2. The van der Waals surface area contributed by atoms with Gasteiger partial charge in [-0.15, -0.1) is 10.2 Å². The molecule has 3 rings (SSSR count). The van der Waals surface area contributed by atoms with E-state index in [4.69, 9.17) is 4.74 Å². The van der Waals surface area contributed by atoms with E-state index in [9.17, 15) is 4.79 Å². The van der Waals surface area contributed by atoms with Crippen molar-refractivity contribution in [2.24, 2.45) is 0 Å². The predicted molar refractivity (Wildman–Crippen MR) is 93.0 cm³/mol. The van der Waals surface area contributed by atoms with Crippen molar-refractivity contribution >= 4 is 11.6 Å². The maximum atomic E-state index is 12.2. The molecule has 0 atom stereocenters. The molecule has 1 N–H and O–H groups in total. The van der Waals surface area contributed by atoms with Gasteiger partial charge in [-0.25, -0.2) is 0 Å². The van der Waals surface area contributed by atoms with E-state index in [1.807, 2.05) is 49.4 Å². The van der Waals surface area contributed by atoms with Gasteiger partial charge < -0.3 is 10.1 Å². The Morgan fingerprint density at radius 1 is 0.958 bits per heavy atom. The van der Waals surface area contributed by atoms with Crippen LogP contribution < -0.4 is 10.1 Å². The summed E-state index contributed by atoms with van der Waals surface area (Å²) >= 11 is 0. The van der Waals surface area contributed by atoms with E-state index < -0.39 is 0 Å². The van der Waals surface area contributed by atoms with Crippen LogP contribution in [-0.4, -0.2) is 22.7 Å². The number of hydrogen-bond donors (Lipinski definition) is 1. The average Bonchev–Trinajstić information content (AvgIpc) is 2.64. The lowest BCUT2D eigenvalue weighted by Gasteiger charge is -2.07. The summed E-state index contributed by atoms with van der Waals surface area (Å²) in [7, 11) is 0. The Kier molecular flexibility index (Phi) is 4.81. The standard InChI is InChI=1S/C19H17N3O2/c1-2-24-16-10-8-15(9-11-16)20-19(23)18-13-12-17(21-22-18)14-6-4-3-5-7-14/h3-13H,2H2,1H3,(H,20,23). The molecule has 0 spiro atoms. The summed E-state index contributed by atoms with van der Waals surface area (Å²) < 4.78 is 5.37. The first-order valence-electron chi connectivity index (χ1n) is 7.69. The second-order valence-corrected chi connectivity index (χ2v) is 5.08. The molecule has 0 aliphatic carbocycles. The van der Waals surface area contributed by atoms with Gasteiger partial charge in [0.1, 0.15) is 5.75 Å². The van der Waals surface area contributed by atoms with Crippen molar-refractivity contribution in [2.45, 2.75) is 6.92 Å². The zero-order valence-electron chi connectivity index (χ0n) is 13.3. The van der Waals surface area contributed by atoms with Gasteiger partial charge in [0.15, 0.2) is 5.69 Å². The van der Waals surface area contributed by atoms with Gasteiger partial charge in [-0.2, -0.15) is 0 Å². The van der Waals surface area contributed by atoms with Crippen LogP contribution in [0.1, 0.15) is 17.4 Å². The third kappa shape index (κ3) is 3.76. The topological polar surface area (TPSA) is 64.1 Å². The molecule has 0 aliphatic heterocycles. The molecule has 0 unspecified atom stereocenters. The minimum atomic E-state index is -0.300. The Morgan fingerprint density at radius 2 is 1.71 bits per heavy atom. The second-order valence-electron chi connectivity index (χ2n) is 5.08. The van der Waals surface area contributed by atoms with E-state index >= 15 is 0 Å². The van der Waals surface area contributed by atoms with Crippen LogP contribution >= 0.6 is 0 Å². The molecule has 0 bridgehead atoms. The van der Waals surface area contributed by atoms with E-state index in [-0.39, 0.29) is 11.6 Å². The Morgan fingerprint density at radius 3 is 2.33 bits per heavy atom. The normalized spacial score (nSPS) is 10.2. The van der Waals surface area contributed by atoms with Crippen LogP contribution in [0.4, 0.5) is 5.69 Å². The lowest BCUT2D eigenvalue weighted by molar-refractivity contribution is 0.102. The molecule has 5 heteroatoms. The molecule has 0 saturated heterocycles. The third-order valence-corrected chi connectivity index (χ3v) is 3.39. The molecule has 0 saturated carbocycles. The van der Waals surface area contributed by atoms with Gasteiger partial charge in [0.05, 0.1) is 12.3 Å². The summed E-state index contributed by atoms with van der Waals surface area (Å²) in [5.74, 6) is 0.466. The number of carbonyl (C=O) groups excluding carboxylic acids is 1. The fourth-order valence-electron chi connectivity index (χ4n) is 2.21. The highest BCUT2D eigenvalue weighted by Gasteiger charge is 2.09. The molecule has 1 heterocycles. The van der Waals surface area contributed by atoms with E-state index in [0.29, 0.717) is 12.3 Å². The molecule has 1 amide bonds. The first-order valence-corrected chi connectivity index (χ1v) is 7.69. The lowest BCUT2D eigenvalue weighted by atomic mass is 10.1. The molecule has 0 aliphatic rings. The molecular weight excluding hydrogens is 302 g/mol. The van der Waals surface area contributed by atoms with Gasteiger partial charge >= 0.3 is 0 Å². The summed E-state index contributed by atoms with van der Waals surface area (Å²) in [5.41, 5.74) is 2.64. The average molecular weight is 319 g/mol. The van der Waals surface area contributed by atoms with Crippen LogP contribution in [0.2, 0.25) is 0 Å². The van der Waals surface area contributed by atoms with Crippen molar-refractivity contribution in [1.29, 1.82) is 0 Å². The molecule has 2 aromatic carbocycles. The number of benzene rings is 2. The number of rotatable bonds is 5. The molecule has 0 radical (unpaired) electrons. The summed E-state index contributed by atoms with van der Waals surface area (Å²) in [4.78, 5) is 12.2. The first kappa shape index (κ1) is 15.7. The van der Waals surface area contributed by atoms with Gasteiger partial charge in [-0.3, -0.25) is 4.79 Å². The fraction of sp³-hybridized carbons (Fsp3) is 0.105. The van der Waals surface area contributed by atoms with E-state index in [1.165, 1.54) is 0 Å². The van der Waals surface area contributed by atoms with Gasteiger partial charge in [0.25, 0.3) is 5.91 Å². The third-order valence-electron chi connectivity index (χ3n) is 3.39.